The van der Waals surface area contributed by atoms with Crippen molar-refractivity contribution in [2.45, 2.75) is 6.92 Å². The molecule has 1 aliphatic heterocycles. The van der Waals surface area contributed by atoms with Crippen LogP contribution in [-0.2, 0) is 4.79 Å². The van der Waals surface area contributed by atoms with E-state index in [4.69, 9.17) is 11.6 Å². The summed E-state index contributed by atoms with van der Waals surface area (Å²) < 4.78 is 0. The van der Waals surface area contributed by atoms with Crippen LogP contribution in [0.2, 0.25) is 0 Å². The predicted octanol–water partition coefficient (Wildman–Crippen LogP) is 0.755. The van der Waals surface area contributed by atoms with Crippen molar-refractivity contribution in [1.29, 1.82) is 0 Å². The molecule has 1 aliphatic rings. The number of hydrogen-bond donors (Lipinski definition) is 0. The monoisotopic (exact) mass is 204 g/mol. The van der Waals surface area contributed by atoms with E-state index in [2.05, 4.69) is 0 Å². The quantitative estimate of drug-likeness (QED) is 0.503. The van der Waals surface area contributed by atoms with Gasteiger partial charge in [0.15, 0.2) is 0 Å². The van der Waals surface area contributed by atoms with Crippen molar-refractivity contribution >= 4 is 23.5 Å². The van der Waals surface area contributed by atoms with Gasteiger partial charge in [0.25, 0.3) is 0 Å². The normalized spacial score (nSPS) is 19.9. The fourth-order valence-corrected chi connectivity index (χ4v) is 1.31. The molecule has 0 N–H and O–H groups in total. The SMILES string of the molecule is CC(CCl)CN1C(=O)CN(C)C1=O. The summed E-state index contributed by atoms with van der Waals surface area (Å²) >= 11 is 5.60. The van der Waals surface area contributed by atoms with Gasteiger partial charge in [-0.15, -0.1) is 11.6 Å². The lowest BCUT2D eigenvalue weighted by atomic mass is 10.2. The summed E-state index contributed by atoms with van der Waals surface area (Å²) in [5, 5.41) is 0. The molecule has 4 nitrogen and oxygen atoms in total. The Balaban J connectivity index is 2.59. The van der Waals surface area contributed by atoms with E-state index >= 15 is 0 Å². The number of carbonyl (C=O) groups excluding carboxylic acids is 2. The maximum Gasteiger partial charge on any atom is 0.326 e. The maximum absolute atomic E-state index is 11.4. The van der Waals surface area contributed by atoms with Gasteiger partial charge in [0.2, 0.25) is 5.91 Å². The smallest absolute Gasteiger partial charge is 0.318 e. The number of amides is 3. The minimum atomic E-state index is -0.220. The third-order valence-corrected chi connectivity index (χ3v) is 2.52. The molecule has 13 heavy (non-hydrogen) atoms. The second-order valence-electron chi connectivity index (χ2n) is 3.40. The zero-order valence-electron chi connectivity index (χ0n) is 7.79. The van der Waals surface area contributed by atoms with Gasteiger partial charge in [-0.25, -0.2) is 4.79 Å². The molecule has 3 amide bonds. The van der Waals surface area contributed by atoms with Crippen LogP contribution in [0.25, 0.3) is 0 Å². The van der Waals surface area contributed by atoms with Gasteiger partial charge in [0.05, 0.1) is 0 Å². The van der Waals surface area contributed by atoms with Crippen LogP contribution in [0.4, 0.5) is 4.79 Å². The second kappa shape index (κ2) is 3.96. The van der Waals surface area contributed by atoms with Crippen LogP contribution >= 0.6 is 11.6 Å². The maximum atomic E-state index is 11.4. The van der Waals surface area contributed by atoms with Crippen LogP contribution < -0.4 is 0 Å². The first-order valence-corrected chi connectivity index (χ1v) is 4.71. The Kier molecular flexibility index (Phi) is 3.14. The van der Waals surface area contributed by atoms with Crippen molar-refractivity contribution in [3.63, 3.8) is 0 Å². The third kappa shape index (κ3) is 2.12. The van der Waals surface area contributed by atoms with Crippen molar-refractivity contribution in [2.24, 2.45) is 5.92 Å². The number of urea groups is 1. The number of imide groups is 1. The summed E-state index contributed by atoms with van der Waals surface area (Å²) in [4.78, 5) is 25.3. The highest BCUT2D eigenvalue weighted by Gasteiger charge is 2.33. The summed E-state index contributed by atoms with van der Waals surface area (Å²) in [7, 11) is 1.62. The first kappa shape index (κ1) is 10.3. The fraction of sp³-hybridized carbons (Fsp3) is 0.750. The van der Waals surface area contributed by atoms with Crippen molar-refractivity contribution in [1.82, 2.24) is 9.80 Å². The molecule has 0 saturated carbocycles. The first-order chi connectivity index (χ1) is 6.06. The lowest BCUT2D eigenvalue weighted by molar-refractivity contribution is -0.125. The summed E-state index contributed by atoms with van der Waals surface area (Å²) in [5.74, 6) is 0.478. The molecule has 1 unspecified atom stereocenters. The van der Waals surface area contributed by atoms with E-state index in [9.17, 15) is 9.59 Å². The molecule has 1 atom stereocenters. The molecule has 1 rings (SSSR count). The standard InChI is InChI=1S/C8H13ClN2O2/c1-6(3-9)4-11-7(12)5-10(2)8(11)13/h6H,3-5H2,1-2H3. The van der Waals surface area contributed by atoms with Crippen molar-refractivity contribution in [3.05, 3.63) is 0 Å². The van der Waals surface area contributed by atoms with E-state index in [1.807, 2.05) is 6.92 Å². The second-order valence-corrected chi connectivity index (χ2v) is 3.71. The third-order valence-electron chi connectivity index (χ3n) is 1.99. The fourth-order valence-electron chi connectivity index (χ4n) is 1.21. The Morgan fingerprint density at radius 1 is 1.54 bits per heavy atom. The Hall–Kier alpha value is -0.770. The van der Waals surface area contributed by atoms with Gasteiger partial charge in [0.1, 0.15) is 6.54 Å². The highest BCUT2D eigenvalue weighted by atomic mass is 35.5. The lowest BCUT2D eigenvalue weighted by Gasteiger charge is -2.17. The van der Waals surface area contributed by atoms with E-state index in [-0.39, 0.29) is 24.4 Å². The van der Waals surface area contributed by atoms with Crippen LogP contribution in [0.3, 0.4) is 0 Å². The number of hydrogen-bond acceptors (Lipinski definition) is 2. The average molecular weight is 205 g/mol. The van der Waals surface area contributed by atoms with Crippen molar-refractivity contribution in [2.75, 3.05) is 26.0 Å². The molecule has 1 heterocycles. The number of carbonyl (C=O) groups is 2. The highest BCUT2D eigenvalue weighted by molar-refractivity contribution is 6.18. The zero-order chi connectivity index (χ0) is 10.0. The topological polar surface area (TPSA) is 40.6 Å². The van der Waals surface area contributed by atoms with E-state index in [0.717, 1.165) is 0 Å². The van der Waals surface area contributed by atoms with E-state index in [1.54, 1.807) is 7.05 Å². The average Bonchev–Trinajstić information content (AvgIpc) is 2.32. The van der Waals surface area contributed by atoms with Crippen LogP contribution in [0.15, 0.2) is 0 Å². The van der Waals surface area contributed by atoms with Gasteiger partial charge in [0, 0.05) is 19.5 Å². The molecule has 0 aromatic carbocycles. The minimum Gasteiger partial charge on any atom is -0.318 e. The number of nitrogens with zero attached hydrogens (tertiary/aromatic N) is 2. The molecule has 0 bridgehead atoms. The molecular weight excluding hydrogens is 192 g/mol. The molecular formula is C8H13ClN2O2. The molecule has 1 fully saturated rings. The Morgan fingerprint density at radius 2 is 2.15 bits per heavy atom. The van der Waals surface area contributed by atoms with E-state index in [0.29, 0.717) is 12.4 Å². The summed E-state index contributed by atoms with van der Waals surface area (Å²) in [5.41, 5.74) is 0. The van der Waals surface area contributed by atoms with Crippen LogP contribution in [0.5, 0.6) is 0 Å². The highest BCUT2D eigenvalue weighted by Crippen LogP contribution is 2.11. The van der Waals surface area contributed by atoms with E-state index in [1.165, 1.54) is 9.80 Å². The van der Waals surface area contributed by atoms with Crippen LogP contribution in [0, 0.1) is 5.92 Å². The summed E-state index contributed by atoms with van der Waals surface area (Å²) in [6.45, 7) is 2.52. The van der Waals surface area contributed by atoms with Crippen LogP contribution in [0.1, 0.15) is 6.92 Å². The molecule has 1 saturated heterocycles. The molecule has 0 radical (unpaired) electrons. The van der Waals surface area contributed by atoms with Gasteiger partial charge >= 0.3 is 6.03 Å². The number of likely N-dealkylation sites (N-methyl/N-ethyl adjacent to an activating group) is 1. The van der Waals surface area contributed by atoms with Gasteiger partial charge in [-0.3, -0.25) is 9.69 Å². The Bertz CT molecular complexity index is 232. The molecule has 0 aromatic heterocycles. The van der Waals surface area contributed by atoms with Crippen molar-refractivity contribution < 1.29 is 9.59 Å². The Morgan fingerprint density at radius 3 is 2.54 bits per heavy atom. The van der Waals surface area contributed by atoms with Gasteiger partial charge < -0.3 is 4.90 Å². The largest absolute Gasteiger partial charge is 0.326 e. The number of alkyl halides is 1. The van der Waals surface area contributed by atoms with Gasteiger partial charge in [-0.1, -0.05) is 6.92 Å². The summed E-state index contributed by atoms with van der Waals surface area (Å²) in [6, 6.07) is -0.220. The molecule has 0 spiro atoms. The molecule has 74 valence electrons. The summed E-state index contributed by atoms with van der Waals surface area (Å²) in [6.07, 6.45) is 0. The molecule has 5 heteroatoms. The lowest BCUT2D eigenvalue weighted by Crippen LogP contribution is -2.35. The van der Waals surface area contributed by atoms with Crippen LogP contribution in [-0.4, -0.2) is 47.8 Å². The van der Waals surface area contributed by atoms with E-state index < -0.39 is 0 Å². The number of halogens is 1. The zero-order valence-corrected chi connectivity index (χ0v) is 8.54. The number of rotatable bonds is 3. The molecule has 0 aliphatic carbocycles. The predicted molar refractivity (Wildman–Crippen MR) is 49.6 cm³/mol. The van der Waals surface area contributed by atoms with Crippen molar-refractivity contribution in [3.8, 4) is 0 Å². The van der Waals surface area contributed by atoms with Gasteiger partial charge in [-0.2, -0.15) is 0 Å². The Labute approximate surface area is 82.4 Å². The van der Waals surface area contributed by atoms with Gasteiger partial charge in [-0.05, 0) is 5.92 Å². The minimum absolute atomic E-state index is 0.135. The first-order valence-electron chi connectivity index (χ1n) is 4.17. The molecule has 0 aromatic rings.